The molecule has 1 unspecified atom stereocenters. The molecular formula is C27H42FN3. The van der Waals surface area contributed by atoms with Crippen molar-refractivity contribution in [2.24, 2.45) is 15.9 Å². The Balaban J connectivity index is 2.45. The number of halogens is 1. The van der Waals surface area contributed by atoms with Crippen LogP contribution in [0.5, 0.6) is 0 Å². The summed E-state index contributed by atoms with van der Waals surface area (Å²) >= 11 is 0. The van der Waals surface area contributed by atoms with Gasteiger partial charge in [0.1, 0.15) is 5.82 Å². The summed E-state index contributed by atoms with van der Waals surface area (Å²) in [6.07, 6.45) is 13.1. The van der Waals surface area contributed by atoms with Crippen molar-refractivity contribution in [3.05, 3.63) is 59.1 Å². The zero-order valence-electron chi connectivity index (χ0n) is 19.9. The molecule has 1 aromatic carbocycles. The molecular weight excluding hydrogens is 385 g/mol. The summed E-state index contributed by atoms with van der Waals surface area (Å²) in [5.74, 6) is 0.559. The summed E-state index contributed by atoms with van der Waals surface area (Å²) in [4.78, 5) is 8.49. The van der Waals surface area contributed by atoms with Gasteiger partial charge in [-0.15, -0.1) is 0 Å². The third-order valence-corrected chi connectivity index (χ3v) is 5.46. The van der Waals surface area contributed by atoms with Crippen molar-refractivity contribution in [3.63, 3.8) is 0 Å². The molecule has 0 heterocycles. The molecule has 1 rings (SSSR count). The van der Waals surface area contributed by atoms with Gasteiger partial charge in [0.05, 0.1) is 0 Å². The van der Waals surface area contributed by atoms with Gasteiger partial charge in [-0.2, -0.15) is 0 Å². The highest BCUT2D eigenvalue weighted by Gasteiger charge is 2.09. The third-order valence-electron chi connectivity index (χ3n) is 5.46. The van der Waals surface area contributed by atoms with E-state index in [0.29, 0.717) is 12.3 Å². The number of allylic oxidation sites excluding steroid dienone is 2. The van der Waals surface area contributed by atoms with E-state index in [9.17, 15) is 4.39 Å². The van der Waals surface area contributed by atoms with Crippen molar-refractivity contribution < 1.29 is 4.39 Å². The minimum absolute atomic E-state index is 0.103. The van der Waals surface area contributed by atoms with Gasteiger partial charge in [-0.25, -0.2) is 4.39 Å². The number of nitrogens with zero attached hydrogens (tertiary/aromatic N) is 2. The van der Waals surface area contributed by atoms with Crippen LogP contribution in [0.25, 0.3) is 0 Å². The van der Waals surface area contributed by atoms with Gasteiger partial charge in [0, 0.05) is 19.0 Å². The lowest BCUT2D eigenvalue weighted by Crippen LogP contribution is -2.14. The van der Waals surface area contributed by atoms with E-state index in [2.05, 4.69) is 41.6 Å². The van der Waals surface area contributed by atoms with Gasteiger partial charge in [0.25, 0.3) is 0 Å². The molecule has 3 nitrogen and oxygen atoms in total. The molecule has 31 heavy (non-hydrogen) atoms. The first-order valence-electron chi connectivity index (χ1n) is 11.7. The van der Waals surface area contributed by atoms with Crippen LogP contribution in [-0.4, -0.2) is 33.1 Å². The molecule has 0 aromatic heterocycles. The van der Waals surface area contributed by atoms with Crippen molar-refractivity contribution in [1.29, 1.82) is 0 Å². The van der Waals surface area contributed by atoms with Crippen LogP contribution >= 0.6 is 0 Å². The molecule has 1 aromatic rings. The van der Waals surface area contributed by atoms with Crippen LogP contribution in [0.1, 0.15) is 69.9 Å². The van der Waals surface area contributed by atoms with Gasteiger partial charge < -0.3 is 5.32 Å². The minimum atomic E-state index is -0.103. The quantitative estimate of drug-likeness (QED) is 0.167. The summed E-state index contributed by atoms with van der Waals surface area (Å²) < 4.78 is 14.2. The number of aryl methyl sites for hydroxylation is 1. The summed E-state index contributed by atoms with van der Waals surface area (Å²) in [5, 5.41) is 3.27. The number of rotatable bonds is 17. The van der Waals surface area contributed by atoms with E-state index in [-0.39, 0.29) is 5.82 Å². The van der Waals surface area contributed by atoms with Gasteiger partial charge in [0.15, 0.2) is 0 Å². The SMILES string of the molecule is C=N/C=C(\C=NCCC(CCCCc1ccc(CC(=C)C)c(F)c1)CCNC)CCC. The van der Waals surface area contributed by atoms with Crippen molar-refractivity contribution >= 4 is 12.9 Å². The van der Waals surface area contributed by atoms with E-state index in [1.807, 2.05) is 26.3 Å². The average molecular weight is 428 g/mol. The van der Waals surface area contributed by atoms with E-state index >= 15 is 0 Å². The van der Waals surface area contributed by atoms with Crippen LogP contribution in [0.3, 0.4) is 0 Å². The lowest BCUT2D eigenvalue weighted by Gasteiger charge is -2.16. The molecule has 0 aliphatic rings. The second kappa shape index (κ2) is 16.6. The Hall–Kier alpha value is -2.07. The fourth-order valence-electron chi connectivity index (χ4n) is 3.77. The standard InChI is InChI=1S/C27H42FN3/c1-6-9-25(20-30-5)21-31-17-15-23(14-16-29-4)10-7-8-11-24-12-13-26(18-22(2)3)27(28)19-24/h12-13,19-21,23,29H,2,5-11,14-18H2,1,3-4H3/b25-20-,31-21?. The normalized spacial score (nSPS) is 13.0. The maximum absolute atomic E-state index is 14.2. The van der Waals surface area contributed by atoms with E-state index in [1.165, 1.54) is 12.8 Å². The number of unbranched alkanes of at least 4 members (excludes halogenated alkanes) is 1. The molecule has 0 aliphatic carbocycles. The summed E-state index contributed by atoms with van der Waals surface area (Å²) in [6.45, 7) is 13.4. The lowest BCUT2D eigenvalue weighted by atomic mass is 9.93. The molecule has 0 fully saturated rings. The maximum Gasteiger partial charge on any atom is 0.126 e. The van der Waals surface area contributed by atoms with Crippen LogP contribution in [0.2, 0.25) is 0 Å². The number of nitrogens with one attached hydrogen (secondary N) is 1. The highest BCUT2D eigenvalue weighted by molar-refractivity contribution is 5.78. The molecule has 0 amide bonds. The largest absolute Gasteiger partial charge is 0.320 e. The van der Waals surface area contributed by atoms with Crippen LogP contribution < -0.4 is 5.32 Å². The van der Waals surface area contributed by atoms with Crippen molar-refractivity contribution in [3.8, 4) is 0 Å². The first-order chi connectivity index (χ1) is 15.0. The van der Waals surface area contributed by atoms with Crippen LogP contribution in [0, 0.1) is 11.7 Å². The van der Waals surface area contributed by atoms with E-state index < -0.39 is 0 Å². The molecule has 4 heteroatoms. The van der Waals surface area contributed by atoms with E-state index in [0.717, 1.165) is 73.9 Å². The van der Waals surface area contributed by atoms with Crippen LogP contribution in [0.4, 0.5) is 4.39 Å². The van der Waals surface area contributed by atoms with Crippen molar-refractivity contribution in [2.45, 2.75) is 71.6 Å². The maximum atomic E-state index is 14.2. The number of benzene rings is 1. The molecule has 0 bridgehead atoms. The molecule has 0 saturated carbocycles. The molecule has 0 aliphatic heterocycles. The Bertz CT molecular complexity index is 721. The first-order valence-corrected chi connectivity index (χ1v) is 11.7. The second-order valence-corrected chi connectivity index (χ2v) is 8.52. The zero-order valence-corrected chi connectivity index (χ0v) is 19.9. The number of aliphatic imine (C=N–C) groups is 2. The summed E-state index contributed by atoms with van der Waals surface area (Å²) in [7, 11) is 2.01. The van der Waals surface area contributed by atoms with Gasteiger partial charge in [-0.3, -0.25) is 9.98 Å². The number of hydrogen-bond donors (Lipinski definition) is 1. The summed E-state index contributed by atoms with van der Waals surface area (Å²) in [6, 6.07) is 5.68. The summed E-state index contributed by atoms with van der Waals surface area (Å²) in [5.41, 5.74) is 3.96. The predicted octanol–water partition coefficient (Wildman–Crippen LogP) is 6.73. The van der Waals surface area contributed by atoms with Crippen molar-refractivity contribution in [2.75, 3.05) is 20.1 Å². The predicted molar refractivity (Wildman–Crippen MR) is 135 cm³/mol. The van der Waals surface area contributed by atoms with Gasteiger partial charge in [0.2, 0.25) is 0 Å². The van der Waals surface area contributed by atoms with Crippen molar-refractivity contribution in [1.82, 2.24) is 5.32 Å². The highest BCUT2D eigenvalue weighted by Crippen LogP contribution is 2.20. The monoisotopic (exact) mass is 427 g/mol. The fraction of sp³-hybridized carbons (Fsp3) is 0.556. The minimum Gasteiger partial charge on any atom is -0.320 e. The Morgan fingerprint density at radius 1 is 1.23 bits per heavy atom. The van der Waals surface area contributed by atoms with Gasteiger partial charge in [-0.1, -0.05) is 50.5 Å². The number of hydrogen-bond acceptors (Lipinski definition) is 3. The fourth-order valence-corrected chi connectivity index (χ4v) is 3.77. The first kappa shape index (κ1) is 27.0. The topological polar surface area (TPSA) is 36.8 Å². The third kappa shape index (κ3) is 12.4. The Labute approximate surface area is 189 Å². The van der Waals surface area contributed by atoms with Crippen LogP contribution in [0.15, 0.2) is 52.1 Å². The lowest BCUT2D eigenvalue weighted by molar-refractivity contribution is 0.403. The van der Waals surface area contributed by atoms with E-state index in [1.54, 1.807) is 12.3 Å². The molecule has 0 saturated heterocycles. The van der Waals surface area contributed by atoms with Crippen LogP contribution in [-0.2, 0) is 12.8 Å². The van der Waals surface area contributed by atoms with E-state index in [4.69, 9.17) is 0 Å². The van der Waals surface area contributed by atoms with Gasteiger partial charge >= 0.3 is 0 Å². The average Bonchev–Trinajstić information content (AvgIpc) is 2.73. The highest BCUT2D eigenvalue weighted by atomic mass is 19.1. The smallest absolute Gasteiger partial charge is 0.126 e. The van der Waals surface area contributed by atoms with Gasteiger partial charge in [-0.05, 0) is 94.4 Å². The Morgan fingerprint density at radius 3 is 2.68 bits per heavy atom. The molecule has 0 spiro atoms. The second-order valence-electron chi connectivity index (χ2n) is 8.52. The molecule has 1 N–H and O–H groups in total. The molecule has 0 radical (unpaired) electrons. The molecule has 172 valence electrons. The molecule has 1 atom stereocenters. The Morgan fingerprint density at radius 2 is 2.03 bits per heavy atom. The zero-order chi connectivity index (χ0) is 22.9. The Kier molecular flexibility index (Phi) is 14.4.